The number of aromatic nitrogens is 5. The first-order valence-corrected chi connectivity index (χ1v) is 12.5. The summed E-state index contributed by atoms with van der Waals surface area (Å²) in [6, 6.07) is 18.8. The van der Waals surface area contributed by atoms with Gasteiger partial charge in [-0.15, -0.1) is 10.2 Å². The maximum Gasteiger partial charge on any atom is 0.234 e. The number of rotatable bonds is 8. The van der Waals surface area contributed by atoms with Gasteiger partial charge in [0, 0.05) is 27.8 Å². The fourth-order valence-electron chi connectivity index (χ4n) is 3.07. The van der Waals surface area contributed by atoms with Gasteiger partial charge in [-0.2, -0.15) is 0 Å². The van der Waals surface area contributed by atoms with Crippen LogP contribution in [-0.4, -0.2) is 36.4 Å². The van der Waals surface area contributed by atoms with Crippen LogP contribution in [-0.2, 0) is 10.5 Å². The molecule has 0 spiro atoms. The lowest BCUT2D eigenvalue weighted by molar-refractivity contribution is -0.113. The molecule has 0 saturated carbocycles. The van der Waals surface area contributed by atoms with E-state index in [4.69, 9.17) is 11.6 Å². The summed E-state index contributed by atoms with van der Waals surface area (Å²) in [4.78, 5) is 21.4. The quantitative estimate of drug-likeness (QED) is 0.260. The van der Waals surface area contributed by atoms with Gasteiger partial charge in [0.05, 0.1) is 11.5 Å². The van der Waals surface area contributed by atoms with Crippen LogP contribution in [0.5, 0.6) is 0 Å². The second-order valence-electron chi connectivity index (χ2n) is 7.14. The first-order valence-electron chi connectivity index (χ1n) is 10.1. The van der Waals surface area contributed by atoms with Crippen LogP contribution in [0.25, 0.3) is 5.69 Å². The van der Waals surface area contributed by atoms with Gasteiger partial charge >= 0.3 is 0 Å². The zero-order valence-electron chi connectivity index (χ0n) is 18.0. The Bertz CT molecular complexity index is 1230. The molecular weight excluding hydrogens is 476 g/mol. The number of thioether (sulfide) groups is 2. The number of carbonyl (C=O) groups is 1. The van der Waals surface area contributed by atoms with E-state index in [-0.39, 0.29) is 11.7 Å². The zero-order valence-corrected chi connectivity index (χ0v) is 20.4. The lowest BCUT2D eigenvalue weighted by Gasteiger charge is -2.10. The average Bonchev–Trinajstić information content (AvgIpc) is 3.21. The van der Waals surface area contributed by atoms with Crippen LogP contribution in [0.15, 0.2) is 71.0 Å². The smallest absolute Gasteiger partial charge is 0.234 e. The van der Waals surface area contributed by atoms with Crippen molar-refractivity contribution in [1.82, 2.24) is 24.7 Å². The largest absolute Gasteiger partial charge is 0.325 e. The first-order chi connectivity index (χ1) is 16.0. The number of anilines is 1. The molecule has 2 aromatic carbocycles. The third-order valence-electron chi connectivity index (χ3n) is 4.47. The van der Waals surface area contributed by atoms with Gasteiger partial charge in [-0.1, -0.05) is 53.3 Å². The van der Waals surface area contributed by atoms with Crippen LogP contribution < -0.4 is 5.32 Å². The Labute approximate surface area is 205 Å². The Morgan fingerprint density at radius 3 is 2.36 bits per heavy atom. The highest BCUT2D eigenvalue weighted by Gasteiger charge is 2.17. The molecule has 0 fully saturated rings. The van der Waals surface area contributed by atoms with Crippen molar-refractivity contribution in [1.29, 1.82) is 0 Å². The van der Waals surface area contributed by atoms with Crippen molar-refractivity contribution < 1.29 is 4.79 Å². The average molecular weight is 497 g/mol. The lowest BCUT2D eigenvalue weighted by atomic mass is 10.3. The lowest BCUT2D eigenvalue weighted by Crippen LogP contribution is -2.14. The second kappa shape index (κ2) is 10.8. The molecule has 0 atom stereocenters. The molecule has 2 heterocycles. The third kappa shape index (κ3) is 6.34. The number of hydrogen-bond acceptors (Lipinski definition) is 7. The van der Waals surface area contributed by atoms with Crippen LogP contribution >= 0.6 is 35.1 Å². The molecule has 0 bridgehead atoms. The Balaban J connectivity index is 1.49. The van der Waals surface area contributed by atoms with E-state index in [0.29, 0.717) is 26.8 Å². The van der Waals surface area contributed by atoms with E-state index in [2.05, 4.69) is 25.5 Å². The minimum atomic E-state index is -0.135. The SMILES string of the molecule is Cc1cc(C)nc(SCc2nnc(SCC(=O)Nc3ccc(Cl)cc3)n2-c2ccccc2)n1. The molecule has 33 heavy (non-hydrogen) atoms. The van der Waals surface area contributed by atoms with E-state index < -0.39 is 0 Å². The van der Waals surface area contributed by atoms with E-state index in [1.807, 2.05) is 54.8 Å². The van der Waals surface area contributed by atoms with Crippen LogP contribution in [0.3, 0.4) is 0 Å². The molecule has 0 aliphatic carbocycles. The van der Waals surface area contributed by atoms with Gasteiger partial charge in [-0.25, -0.2) is 9.97 Å². The van der Waals surface area contributed by atoms with Crippen molar-refractivity contribution in [3.05, 3.63) is 82.9 Å². The van der Waals surface area contributed by atoms with Gasteiger partial charge in [0.25, 0.3) is 0 Å². The zero-order chi connectivity index (χ0) is 23.2. The van der Waals surface area contributed by atoms with Gasteiger partial charge < -0.3 is 5.32 Å². The van der Waals surface area contributed by atoms with E-state index in [1.165, 1.54) is 23.5 Å². The summed E-state index contributed by atoms with van der Waals surface area (Å²) in [7, 11) is 0. The van der Waals surface area contributed by atoms with Crippen LogP contribution in [0.2, 0.25) is 5.02 Å². The van der Waals surface area contributed by atoms with Gasteiger partial charge in [0.1, 0.15) is 5.82 Å². The summed E-state index contributed by atoms with van der Waals surface area (Å²) in [6.07, 6.45) is 0. The molecular formula is C23H21ClN6OS2. The number of nitrogens with one attached hydrogen (secondary N) is 1. The predicted molar refractivity (Wildman–Crippen MR) is 133 cm³/mol. The van der Waals surface area contributed by atoms with Crippen LogP contribution in [0.4, 0.5) is 5.69 Å². The predicted octanol–water partition coefficient (Wildman–Crippen LogP) is 5.35. The summed E-state index contributed by atoms with van der Waals surface area (Å²) in [5, 5.41) is 13.6. The van der Waals surface area contributed by atoms with E-state index >= 15 is 0 Å². The molecule has 4 aromatic rings. The highest BCUT2D eigenvalue weighted by atomic mass is 35.5. The van der Waals surface area contributed by atoms with Crippen molar-refractivity contribution in [2.45, 2.75) is 29.9 Å². The normalized spacial score (nSPS) is 10.9. The van der Waals surface area contributed by atoms with Gasteiger partial charge in [0.15, 0.2) is 10.3 Å². The Morgan fingerprint density at radius 2 is 1.67 bits per heavy atom. The second-order valence-corrected chi connectivity index (χ2v) is 9.46. The molecule has 10 heteroatoms. The Hall–Kier alpha value is -2.88. The molecule has 2 aromatic heterocycles. The fraction of sp³-hybridized carbons (Fsp3) is 0.174. The van der Waals surface area contributed by atoms with Crippen molar-refractivity contribution in [2.24, 2.45) is 0 Å². The Morgan fingerprint density at radius 1 is 0.970 bits per heavy atom. The van der Waals surface area contributed by atoms with Gasteiger partial charge in [0.2, 0.25) is 5.91 Å². The number of carbonyl (C=O) groups excluding carboxylic acids is 1. The molecule has 0 aliphatic heterocycles. The molecule has 0 aliphatic rings. The summed E-state index contributed by atoms with van der Waals surface area (Å²) < 4.78 is 1.97. The van der Waals surface area contributed by atoms with E-state index in [1.54, 1.807) is 24.3 Å². The van der Waals surface area contributed by atoms with Crippen molar-refractivity contribution >= 4 is 46.7 Å². The number of para-hydroxylation sites is 1. The minimum absolute atomic E-state index is 0.135. The van der Waals surface area contributed by atoms with Crippen LogP contribution in [0.1, 0.15) is 17.2 Å². The Kier molecular flexibility index (Phi) is 7.64. The van der Waals surface area contributed by atoms with Crippen molar-refractivity contribution in [2.75, 3.05) is 11.1 Å². The number of benzene rings is 2. The molecule has 1 N–H and O–H groups in total. The number of nitrogens with zero attached hydrogens (tertiary/aromatic N) is 5. The topological polar surface area (TPSA) is 85.6 Å². The maximum absolute atomic E-state index is 12.5. The molecule has 168 valence electrons. The molecule has 1 amide bonds. The first kappa shape index (κ1) is 23.3. The highest BCUT2D eigenvalue weighted by molar-refractivity contribution is 7.99. The third-order valence-corrected chi connectivity index (χ3v) is 6.49. The molecule has 7 nitrogen and oxygen atoms in total. The van der Waals surface area contributed by atoms with Gasteiger partial charge in [-0.3, -0.25) is 9.36 Å². The summed E-state index contributed by atoms with van der Waals surface area (Å²) in [5.74, 6) is 1.36. The number of hydrogen-bond donors (Lipinski definition) is 1. The summed E-state index contributed by atoms with van der Waals surface area (Å²) in [6.45, 7) is 3.91. The molecule has 0 unspecified atom stereocenters. The molecule has 0 radical (unpaired) electrons. The fourth-order valence-corrected chi connectivity index (χ4v) is 4.83. The minimum Gasteiger partial charge on any atom is -0.325 e. The number of aryl methyl sites for hydroxylation is 2. The summed E-state index contributed by atoms with van der Waals surface area (Å²) >= 11 is 8.74. The van der Waals surface area contributed by atoms with E-state index in [9.17, 15) is 4.79 Å². The standard InChI is InChI=1S/C23H21ClN6OS2/c1-15-12-16(2)26-22(25-15)32-13-20-28-29-23(30(20)19-6-4-3-5-7-19)33-14-21(31)27-18-10-8-17(24)9-11-18/h3-12H,13-14H2,1-2H3,(H,27,31). The number of amides is 1. The molecule has 4 rings (SSSR count). The van der Waals surface area contributed by atoms with Crippen molar-refractivity contribution in [3.63, 3.8) is 0 Å². The molecule has 0 saturated heterocycles. The van der Waals surface area contributed by atoms with Gasteiger partial charge in [-0.05, 0) is 56.3 Å². The van der Waals surface area contributed by atoms with Crippen LogP contribution in [0, 0.1) is 13.8 Å². The number of halogens is 1. The maximum atomic E-state index is 12.5. The van der Waals surface area contributed by atoms with E-state index in [0.717, 1.165) is 22.9 Å². The van der Waals surface area contributed by atoms with Crippen molar-refractivity contribution in [3.8, 4) is 5.69 Å². The monoisotopic (exact) mass is 496 g/mol. The summed E-state index contributed by atoms with van der Waals surface area (Å²) in [5.41, 5.74) is 3.48. The highest BCUT2D eigenvalue weighted by Crippen LogP contribution is 2.26.